The Morgan fingerprint density at radius 3 is 2.28 bits per heavy atom. The number of benzene rings is 2. The first-order chi connectivity index (χ1) is 13.9. The van der Waals surface area contributed by atoms with Crippen molar-refractivity contribution in [2.45, 2.75) is 12.8 Å². The predicted octanol–water partition coefficient (Wildman–Crippen LogP) is 2.01. The number of aromatic amines is 1. The summed E-state index contributed by atoms with van der Waals surface area (Å²) in [7, 11) is 0. The Kier molecular flexibility index (Phi) is 5.94. The van der Waals surface area contributed by atoms with Gasteiger partial charge in [-0.3, -0.25) is 15.6 Å². The highest BCUT2D eigenvalue weighted by molar-refractivity contribution is 6.01. The number of carboxylic acids is 1. The van der Waals surface area contributed by atoms with Crippen molar-refractivity contribution in [3.8, 4) is 11.3 Å². The van der Waals surface area contributed by atoms with Gasteiger partial charge >= 0.3 is 5.97 Å². The van der Waals surface area contributed by atoms with E-state index in [4.69, 9.17) is 27.4 Å². The van der Waals surface area contributed by atoms with E-state index in [1.54, 1.807) is 12.1 Å². The number of nitrogens with two attached hydrogens (primary N) is 2. The van der Waals surface area contributed by atoms with Crippen molar-refractivity contribution in [3.05, 3.63) is 59.2 Å². The summed E-state index contributed by atoms with van der Waals surface area (Å²) in [6.45, 7) is 1.04. The van der Waals surface area contributed by atoms with Crippen molar-refractivity contribution in [2.24, 2.45) is 11.5 Å². The maximum absolute atomic E-state index is 10.7. The number of hydrogen-bond donors (Lipinski definition) is 7. The van der Waals surface area contributed by atoms with Gasteiger partial charge in [-0.1, -0.05) is 36.4 Å². The van der Waals surface area contributed by atoms with Crippen LogP contribution in [0.15, 0.2) is 42.5 Å². The van der Waals surface area contributed by atoms with Crippen LogP contribution >= 0.6 is 0 Å². The summed E-state index contributed by atoms with van der Waals surface area (Å²) in [6, 6.07) is 13.1. The van der Waals surface area contributed by atoms with E-state index in [1.807, 2.05) is 30.3 Å². The summed E-state index contributed by atoms with van der Waals surface area (Å²) < 4.78 is 0. The second kappa shape index (κ2) is 8.57. The van der Waals surface area contributed by atoms with Gasteiger partial charge < -0.3 is 26.9 Å². The molecule has 0 aliphatic carbocycles. The Morgan fingerprint density at radius 1 is 1.00 bits per heavy atom. The summed E-state index contributed by atoms with van der Waals surface area (Å²) in [5.74, 6) is -0.805. The molecule has 29 heavy (non-hydrogen) atoms. The molecule has 150 valence electrons. The van der Waals surface area contributed by atoms with E-state index in [9.17, 15) is 4.79 Å². The van der Waals surface area contributed by atoms with Crippen molar-refractivity contribution in [3.63, 3.8) is 0 Å². The quantitative estimate of drug-likeness (QED) is 0.168. The van der Waals surface area contributed by atoms with Crippen molar-refractivity contribution >= 4 is 28.5 Å². The van der Waals surface area contributed by atoms with E-state index in [-0.39, 0.29) is 18.1 Å². The topological polar surface area (TPSA) is 165 Å². The van der Waals surface area contributed by atoms with Crippen LogP contribution in [0, 0.1) is 10.8 Å². The van der Waals surface area contributed by atoms with Crippen LogP contribution in [0.25, 0.3) is 22.2 Å². The third-order valence-corrected chi connectivity index (χ3v) is 4.77. The summed E-state index contributed by atoms with van der Waals surface area (Å²) in [5, 5.41) is 28.2. The molecule has 0 atom stereocenters. The van der Waals surface area contributed by atoms with Gasteiger partial charge in [-0.25, -0.2) is 0 Å². The molecule has 0 saturated carbocycles. The van der Waals surface area contributed by atoms with Crippen LogP contribution in [0.3, 0.4) is 0 Å². The predicted molar refractivity (Wildman–Crippen MR) is 115 cm³/mol. The van der Waals surface area contributed by atoms with Gasteiger partial charge in [0, 0.05) is 34.3 Å². The Morgan fingerprint density at radius 2 is 1.66 bits per heavy atom. The molecule has 0 unspecified atom stereocenters. The lowest BCUT2D eigenvalue weighted by Crippen LogP contribution is -2.20. The minimum absolute atomic E-state index is 0.00532. The zero-order valence-electron chi connectivity index (χ0n) is 15.9. The summed E-state index contributed by atoms with van der Waals surface area (Å²) in [5.41, 5.74) is 16.3. The number of aromatic nitrogens is 1. The first-order valence-electron chi connectivity index (χ1n) is 9.23. The van der Waals surface area contributed by atoms with Crippen molar-refractivity contribution in [2.75, 3.05) is 13.1 Å². The van der Waals surface area contributed by atoms with Crippen LogP contribution in [0.5, 0.6) is 0 Å². The van der Waals surface area contributed by atoms with Gasteiger partial charge in [0.1, 0.15) is 11.7 Å². The lowest BCUT2D eigenvalue weighted by molar-refractivity contribution is -0.136. The lowest BCUT2D eigenvalue weighted by atomic mass is 10.0. The molecule has 3 rings (SSSR count). The van der Waals surface area contributed by atoms with Crippen LogP contribution in [-0.4, -0.2) is 40.8 Å². The molecule has 0 saturated heterocycles. The standard InChI is InChI=1S/C21H24N6O2/c22-20(23)13-3-1-12(2-4-13)19-16(7-9-26-10-8-18(28)29)15-6-5-14(21(24)25)11-17(15)27-19/h1-6,11,26-27H,7-10H2,(H3,22,23)(H3,24,25)(H,28,29). The summed E-state index contributed by atoms with van der Waals surface area (Å²) >= 11 is 0. The molecular formula is C21H24N6O2. The van der Waals surface area contributed by atoms with Gasteiger partial charge in [0.15, 0.2) is 0 Å². The van der Waals surface area contributed by atoms with Crippen LogP contribution < -0.4 is 16.8 Å². The number of rotatable bonds is 9. The molecule has 0 aliphatic heterocycles. The second-order valence-corrected chi connectivity index (χ2v) is 6.79. The van der Waals surface area contributed by atoms with Gasteiger partial charge in [0.05, 0.1) is 6.42 Å². The summed E-state index contributed by atoms with van der Waals surface area (Å²) in [4.78, 5) is 14.1. The molecule has 3 aromatic rings. The van der Waals surface area contributed by atoms with E-state index < -0.39 is 5.97 Å². The Bertz CT molecular complexity index is 1070. The van der Waals surface area contributed by atoms with Gasteiger partial charge in [-0.15, -0.1) is 0 Å². The van der Waals surface area contributed by atoms with Gasteiger partial charge in [0.2, 0.25) is 0 Å². The first-order valence-corrected chi connectivity index (χ1v) is 9.23. The van der Waals surface area contributed by atoms with Crippen LogP contribution in [-0.2, 0) is 11.2 Å². The smallest absolute Gasteiger partial charge is 0.304 e. The number of aliphatic carboxylic acids is 1. The first kappa shape index (κ1) is 20.1. The minimum atomic E-state index is -0.826. The fraction of sp³-hybridized carbons (Fsp3) is 0.190. The van der Waals surface area contributed by atoms with E-state index in [1.165, 1.54) is 0 Å². The van der Waals surface area contributed by atoms with Crippen LogP contribution in [0.1, 0.15) is 23.1 Å². The average Bonchev–Trinajstić information content (AvgIpc) is 3.05. The number of carbonyl (C=O) groups is 1. The number of amidine groups is 2. The highest BCUT2D eigenvalue weighted by Crippen LogP contribution is 2.31. The van der Waals surface area contributed by atoms with E-state index in [0.717, 1.165) is 27.7 Å². The largest absolute Gasteiger partial charge is 0.481 e. The monoisotopic (exact) mass is 392 g/mol. The molecule has 9 N–H and O–H groups in total. The van der Waals surface area contributed by atoms with E-state index in [0.29, 0.717) is 30.6 Å². The lowest BCUT2D eigenvalue weighted by Gasteiger charge is -2.08. The van der Waals surface area contributed by atoms with E-state index >= 15 is 0 Å². The van der Waals surface area contributed by atoms with E-state index in [2.05, 4.69) is 10.3 Å². The van der Waals surface area contributed by atoms with Crippen LogP contribution in [0.2, 0.25) is 0 Å². The zero-order valence-corrected chi connectivity index (χ0v) is 15.9. The third kappa shape index (κ3) is 4.61. The Balaban J connectivity index is 1.95. The normalized spacial score (nSPS) is 10.9. The van der Waals surface area contributed by atoms with Crippen molar-refractivity contribution in [1.29, 1.82) is 10.8 Å². The Labute approximate surface area is 167 Å². The summed E-state index contributed by atoms with van der Waals surface area (Å²) in [6.07, 6.45) is 0.776. The molecule has 1 heterocycles. The molecule has 1 aromatic heterocycles. The minimum Gasteiger partial charge on any atom is -0.481 e. The maximum atomic E-state index is 10.7. The maximum Gasteiger partial charge on any atom is 0.304 e. The third-order valence-electron chi connectivity index (χ3n) is 4.77. The number of fused-ring (bicyclic) bond motifs is 1. The molecular weight excluding hydrogens is 368 g/mol. The number of H-pyrrole nitrogens is 1. The second-order valence-electron chi connectivity index (χ2n) is 6.79. The van der Waals surface area contributed by atoms with Crippen molar-refractivity contribution in [1.82, 2.24) is 10.3 Å². The van der Waals surface area contributed by atoms with Gasteiger partial charge in [0.25, 0.3) is 0 Å². The number of nitrogens with one attached hydrogen (secondary N) is 4. The fourth-order valence-electron chi connectivity index (χ4n) is 3.28. The van der Waals surface area contributed by atoms with Gasteiger partial charge in [-0.05, 0) is 30.2 Å². The Hall–Kier alpha value is -3.65. The van der Waals surface area contributed by atoms with Gasteiger partial charge in [-0.2, -0.15) is 0 Å². The molecule has 8 heteroatoms. The molecule has 0 aliphatic rings. The molecule has 0 fully saturated rings. The zero-order chi connectivity index (χ0) is 21.0. The SMILES string of the molecule is N=C(N)c1ccc(-c2[nH]c3cc(C(=N)N)ccc3c2CCNCCC(=O)O)cc1. The number of hydrogen-bond acceptors (Lipinski definition) is 4. The molecule has 0 radical (unpaired) electrons. The molecule has 2 aromatic carbocycles. The molecule has 0 amide bonds. The highest BCUT2D eigenvalue weighted by Gasteiger charge is 2.14. The molecule has 0 bridgehead atoms. The fourth-order valence-corrected chi connectivity index (χ4v) is 3.28. The van der Waals surface area contributed by atoms with Crippen LogP contribution in [0.4, 0.5) is 0 Å². The number of carboxylic acid groups (broad SMARTS) is 1. The highest BCUT2D eigenvalue weighted by atomic mass is 16.4. The average molecular weight is 392 g/mol. The molecule has 8 nitrogen and oxygen atoms in total. The molecule has 0 spiro atoms. The van der Waals surface area contributed by atoms with Crippen molar-refractivity contribution < 1.29 is 9.90 Å². The number of nitrogen functional groups attached to an aromatic ring is 2.